The maximum atomic E-state index is 11.1. The molecular weight excluding hydrogens is 158 g/mol. The highest BCUT2D eigenvalue weighted by atomic mass is 16.5. The summed E-state index contributed by atoms with van der Waals surface area (Å²) in [4.78, 5) is 11.1. The van der Waals surface area contributed by atoms with Crippen LogP contribution in [0.5, 0.6) is 0 Å². The highest BCUT2D eigenvalue weighted by Gasteiger charge is 2.26. The first kappa shape index (κ1) is 9.48. The molecule has 0 amide bonds. The molecule has 2 unspecified atom stereocenters. The summed E-state index contributed by atoms with van der Waals surface area (Å²) in [5.74, 6) is 0.0171. The Bertz CT molecular complexity index is 160. The van der Waals surface area contributed by atoms with Gasteiger partial charge in [0.05, 0.1) is 7.11 Å². The lowest BCUT2D eigenvalue weighted by atomic mass is 9.93. The molecule has 4 nitrogen and oxygen atoms in total. The Morgan fingerprint density at radius 1 is 1.75 bits per heavy atom. The Hall–Kier alpha value is -0.610. The molecule has 70 valence electrons. The second-order valence-electron chi connectivity index (χ2n) is 3.10. The van der Waals surface area contributed by atoms with E-state index in [-0.39, 0.29) is 24.5 Å². The molecule has 0 radical (unpaired) electrons. The van der Waals surface area contributed by atoms with Crippen LogP contribution in [0.2, 0.25) is 0 Å². The summed E-state index contributed by atoms with van der Waals surface area (Å²) in [6, 6.07) is -0.221. The Kier molecular flexibility index (Phi) is 3.49. The van der Waals surface area contributed by atoms with E-state index in [2.05, 4.69) is 10.1 Å². The van der Waals surface area contributed by atoms with E-state index < -0.39 is 0 Å². The number of ether oxygens (including phenoxy) is 1. The summed E-state index contributed by atoms with van der Waals surface area (Å²) >= 11 is 0. The number of nitrogens with one attached hydrogen (secondary N) is 1. The fourth-order valence-corrected chi connectivity index (χ4v) is 1.48. The quantitative estimate of drug-likeness (QED) is 0.554. The molecule has 0 saturated carbocycles. The molecule has 0 bridgehead atoms. The summed E-state index contributed by atoms with van der Waals surface area (Å²) in [6.07, 6.45) is 1.62. The third-order valence-corrected chi connectivity index (χ3v) is 2.26. The third kappa shape index (κ3) is 2.19. The standard InChI is InChI=1S/C8H15NO3/c1-12-8(11)7-4-6(5-10)2-3-9-7/h6-7,9-10H,2-5H2,1H3. The van der Waals surface area contributed by atoms with Gasteiger partial charge in [-0.2, -0.15) is 0 Å². The molecule has 0 aromatic rings. The van der Waals surface area contributed by atoms with Gasteiger partial charge in [0.1, 0.15) is 6.04 Å². The third-order valence-electron chi connectivity index (χ3n) is 2.26. The number of piperidine rings is 1. The van der Waals surface area contributed by atoms with Crippen molar-refractivity contribution < 1.29 is 14.6 Å². The number of aliphatic hydroxyl groups excluding tert-OH is 1. The SMILES string of the molecule is COC(=O)C1CC(CO)CCN1. The maximum absolute atomic E-state index is 11.1. The molecule has 4 heteroatoms. The Morgan fingerprint density at radius 3 is 3.08 bits per heavy atom. The second kappa shape index (κ2) is 4.42. The molecule has 1 heterocycles. The minimum Gasteiger partial charge on any atom is -0.468 e. The van der Waals surface area contributed by atoms with Crippen LogP contribution in [0.25, 0.3) is 0 Å². The monoisotopic (exact) mass is 173 g/mol. The van der Waals surface area contributed by atoms with Gasteiger partial charge in [-0.1, -0.05) is 0 Å². The summed E-state index contributed by atoms with van der Waals surface area (Å²) in [6.45, 7) is 0.945. The van der Waals surface area contributed by atoms with E-state index in [1.165, 1.54) is 7.11 Å². The number of carbonyl (C=O) groups is 1. The van der Waals surface area contributed by atoms with E-state index in [1.807, 2.05) is 0 Å². The molecule has 0 aliphatic carbocycles. The highest BCUT2D eigenvalue weighted by Crippen LogP contribution is 2.15. The van der Waals surface area contributed by atoms with Gasteiger partial charge in [0, 0.05) is 6.61 Å². The lowest BCUT2D eigenvalue weighted by molar-refractivity contribution is -0.144. The predicted molar refractivity (Wildman–Crippen MR) is 43.6 cm³/mol. The van der Waals surface area contributed by atoms with Gasteiger partial charge >= 0.3 is 5.97 Å². The molecule has 0 spiro atoms. The number of hydrogen-bond donors (Lipinski definition) is 2. The average molecular weight is 173 g/mol. The van der Waals surface area contributed by atoms with Crippen molar-refractivity contribution in [2.24, 2.45) is 5.92 Å². The zero-order valence-electron chi connectivity index (χ0n) is 7.25. The van der Waals surface area contributed by atoms with Crippen LogP contribution in [0.1, 0.15) is 12.8 Å². The maximum Gasteiger partial charge on any atom is 0.322 e. The van der Waals surface area contributed by atoms with Gasteiger partial charge in [-0.05, 0) is 25.3 Å². The van der Waals surface area contributed by atoms with Gasteiger partial charge in [-0.15, -0.1) is 0 Å². The molecular formula is C8H15NO3. The summed E-state index contributed by atoms with van der Waals surface area (Å²) in [5.41, 5.74) is 0. The first-order valence-electron chi connectivity index (χ1n) is 4.20. The van der Waals surface area contributed by atoms with Crippen molar-refractivity contribution in [3.05, 3.63) is 0 Å². The van der Waals surface area contributed by atoms with E-state index in [0.29, 0.717) is 6.42 Å². The lowest BCUT2D eigenvalue weighted by Crippen LogP contribution is -2.44. The van der Waals surface area contributed by atoms with Crippen LogP contribution in [0.15, 0.2) is 0 Å². The zero-order chi connectivity index (χ0) is 8.97. The fraction of sp³-hybridized carbons (Fsp3) is 0.875. The molecule has 1 aliphatic heterocycles. The van der Waals surface area contributed by atoms with Gasteiger partial charge in [0.15, 0.2) is 0 Å². The first-order valence-corrected chi connectivity index (χ1v) is 4.20. The van der Waals surface area contributed by atoms with Crippen LogP contribution in [0.3, 0.4) is 0 Å². The van der Waals surface area contributed by atoms with E-state index in [9.17, 15) is 4.79 Å². The van der Waals surface area contributed by atoms with Gasteiger partial charge in [0.25, 0.3) is 0 Å². The van der Waals surface area contributed by atoms with Crippen molar-refractivity contribution in [1.29, 1.82) is 0 Å². The topological polar surface area (TPSA) is 58.6 Å². The number of methoxy groups -OCH3 is 1. The first-order chi connectivity index (χ1) is 5.77. The fourth-order valence-electron chi connectivity index (χ4n) is 1.48. The minimum absolute atomic E-state index is 0.162. The van der Waals surface area contributed by atoms with Crippen LogP contribution >= 0.6 is 0 Å². The van der Waals surface area contributed by atoms with Crippen molar-refractivity contribution in [3.8, 4) is 0 Å². The molecule has 2 atom stereocenters. The van der Waals surface area contributed by atoms with Gasteiger partial charge in [-0.3, -0.25) is 4.79 Å². The number of esters is 1. The van der Waals surface area contributed by atoms with Crippen LogP contribution < -0.4 is 5.32 Å². The van der Waals surface area contributed by atoms with Crippen LogP contribution in [-0.2, 0) is 9.53 Å². The van der Waals surface area contributed by atoms with Gasteiger partial charge in [-0.25, -0.2) is 0 Å². The van der Waals surface area contributed by atoms with Crippen molar-refractivity contribution in [2.45, 2.75) is 18.9 Å². The summed E-state index contributed by atoms with van der Waals surface area (Å²) < 4.78 is 4.60. The Labute approximate surface area is 71.9 Å². The number of rotatable bonds is 2. The molecule has 0 aromatic carbocycles. The summed E-state index contributed by atoms with van der Waals surface area (Å²) in [5, 5.41) is 11.9. The average Bonchev–Trinajstić information content (AvgIpc) is 2.17. The Balaban J connectivity index is 2.40. The summed E-state index contributed by atoms with van der Waals surface area (Å²) in [7, 11) is 1.38. The van der Waals surface area contributed by atoms with E-state index in [1.54, 1.807) is 0 Å². The molecule has 1 fully saturated rings. The molecule has 2 N–H and O–H groups in total. The highest BCUT2D eigenvalue weighted by molar-refractivity contribution is 5.75. The van der Waals surface area contributed by atoms with Crippen molar-refractivity contribution in [2.75, 3.05) is 20.3 Å². The smallest absolute Gasteiger partial charge is 0.322 e. The Morgan fingerprint density at radius 2 is 2.50 bits per heavy atom. The van der Waals surface area contributed by atoms with Crippen molar-refractivity contribution in [3.63, 3.8) is 0 Å². The molecule has 0 aromatic heterocycles. The minimum atomic E-state index is -0.229. The second-order valence-corrected chi connectivity index (χ2v) is 3.10. The van der Waals surface area contributed by atoms with E-state index >= 15 is 0 Å². The number of carbonyl (C=O) groups excluding carboxylic acids is 1. The van der Waals surface area contributed by atoms with Crippen molar-refractivity contribution in [1.82, 2.24) is 5.32 Å². The van der Waals surface area contributed by atoms with Crippen LogP contribution in [0.4, 0.5) is 0 Å². The normalized spacial score (nSPS) is 29.8. The molecule has 1 rings (SSSR count). The van der Waals surface area contributed by atoms with Gasteiger partial charge in [0.2, 0.25) is 0 Å². The van der Waals surface area contributed by atoms with E-state index in [0.717, 1.165) is 13.0 Å². The van der Waals surface area contributed by atoms with Crippen molar-refractivity contribution >= 4 is 5.97 Å². The largest absolute Gasteiger partial charge is 0.468 e. The van der Waals surface area contributed by atoms with Crippen LogP contribution in [0, 0.1) is 5.92 Å². The number of hydrogen-bond acceptors (Lipinski definition) is 4. The zero-order valence-corrected chi connectivity index (χ0v) is 7.25. The predicted octanol–water partition coefficient (Wildman–Crippen LogP) is -0.480. The molecule has 1 saturated heterocycles. The molecule has 1 aliphatic rings. The van der Waals surface area contributed by atoms with Crippen LogP contribution in [-0.4, -0.2) is 37.4 Å². The number of aliphatic hydroxyl groups is 1. The van der Waals surface area contributed by atoms with E-state index in [4.69, 9.17) is 5.11 Å². The lowest BCUT2D eigenvalue weighted by Gasteiger charge is -2.27. The van der Waals surface area contributed by atoms with Gasteiger partial charge < -0.3 is 15.2 Å². The molecule has 12 heavy (non-hydrogen) atoms.